The zero-order valence-electron chi connectivity index (χ0n) is 14.1. The van der Waals surface area contributed by atoms with Gasteiger partial charge in [-0.05, 0) is 43.2 Å². The van der Waals surface area contributed by atoms with E-state index in [4.69, 9.17) is 0 Å². The van der Waals surface area contributed by atoms with Gasteiger partial charge in [0.05, 0.1) is 5.56 Å². The minimum atomic E-state index is -0.908. The number of nitrogens with one attached hydrogen (secondary N) is 2. The van der Waals surface area contributed by atoms with Crippen molar-refractivity contribution in [2.24, 2.45) is 0 Å². The molecule has 0 spiro atoms. The predicted molar refractivity (Wildman–Crippen MR) is 91.2 cm³/mol. The zero-order chi connectivity index (χ0) is 18.4. The molecule has 0 heterocycles. The summed E-state index contributed by atoms with van der Waals surface area (Å²) in [5, 5.41) is 5.43. The normalized spacial score (nSPS) is 11.7. The van der Waals surface area contributed by atoms with E-state index < -0.39 is 17.5 Å². The fraction of sp³-hybridized carbons (Fsp3) is 0.263. The van der Waals surface area contributed by atoms with Gasteiger partial charge >= 0.3 is 0 Å². The maximum atomic E-state index is 13.6. The molecule has 0 saturated heterocycles. The first-order valence-corrected chi connectivity index (χ1v) is 8.03. The lowest BCUT2D eigenvalue weighted by molar-refractivity contribution is 0.0932. The number of halogens is 2. The standard InChI is InChI=1S/C19H20F2N2O2/c1-3-12(2)23-18(24)14-6-4-13(5-7-14)11-22-19(25)16-9-8-15(20)10-17(16)21/h4-10,12H,3,11H2,1-2H3,(H,22,25)(H,23,24)/t12-/m1/s1. The second-order valence-corrected chi connectivity index (χ2v) is 5.79. The van der Waals surface area contributed by atoms with E-state index >= 15 is 0 Å². The van der Waals surface area contributed by atoms with Crippen LogP contribution in [0.4, 0.5) is 8.78 Å². The summed E-state index contributed by atoms with van der Waals surface area (Å²) in [6.07, 6.45) is 0.843. The van der Waals surface area contributed by atoms with E-state index in [2.05, 4.69) is 10.6 Å². The monoisotopic (exact) mass is 346 g/mol. The van der Waals surface area contributed by atoms with Crippen molar-refractivity contribution >= 4 is 11.8 Å². The Morgan fingerprint density at radius 2 is 1.72 bits per heavy atom. The molecule has 0 aliphatic carbocycles. The fourth-order valence-electron chi connectivity index (χ4n) is 2.13. The molecule has 2 rings (SSSR count). The SMILES string of the molecule is CC[C@@H](C)NC(=O)c1ccc(CNC(=O)c2ccc(F)cc2F)cc1. The van der Waals surface area contributed by atoms with Crippen LogP contribution in [-0.2, 0) is 6.54 Å². The van der Waals surface area contributed by atoms with Crippen LogP contribution in [0.5, 0.6) is 0 Å². The summed E-state index contributed by atoms with van der Waals surface area (Å²) in [6, 6.07) is 9.65. The van der Waals surface area contributed by atoms with E-state index in [-0.39, 0.29) is 24.1 Å². The first-order valence-electron chi connectivity index (χ1n) is 8.03. The zero-order valence-corrected chi connectivity index (χ0v) is 14.1. The lowest BCUT2D eigenvalue weighted by Crippen LogP contribution is -2.31. The Morgan fingerprint density at radius 1 is 1.04 bits per heavy atom. The van der Waals surface area contributed by atoms with Crippen LogP contribution in [0.3, 0.4) is 0 Å². The first-order chi connectivity index (χ1) is 11.9. The molecule has 0 aliphatic rings. The molecular formula is C19H20F2N2O2. The predicted octanol–water partition coefficient (Wildman–Crippen LogP) is 3.42. The van der Waals surface area contributed by atoms with Crippen molar-refractivity contribution in [3.63, 3.8) is 0 Å². The van der Waals surface area contributed by atoms with Gasteiger partial charge < -0.3 is 10.6 Å². The van der Waals surface area contributed by atoms with Gasteiger partial charge in [0.15, 0.2) is 0 Å². The molecule has 0 radical (unpaired) electrons. The second kappa shape index (κ2) is 8.37. The van der Waals surface area contributed by atoms with Crippen LogP contribution in [0.15, 0.2) is 42.5 Å². The van der Waals surface area contributed by atoms with Crippen molar-refractivity contribution in [2.45, 2.75) is 32.9 Å². The molecular weight excluding hydrogens is 326 g/mol. The number of rotatable bonds is 6. The van der Waals surface area contributed by atoms with E-state index in [9.17, 15) is 18.4 Å². The maximum Gasteiger partial charge on any atom is 0.254 e. The fourth-order valence-corrected chi connectivity index (χ4v) is 2.13. The highest BCUT2D eigenvalue weighted by Gasteiger charge is 2.12. The lowest BCUT2D eigenvalue weighted by Gasteiger charge is -2.12. The van der Waals surface area contributed by atoms with Gasteiger partial charge in [0.2, 0.25) is 0 Å². The molecule has 2 amide bonds. The van der Waals surface area contributed by atoms with Crippen LogP contribution in [0.1, 0.15) is 46.5 Å². The van der Waals surface area contributed by atoms with Gasteiger partial charge in [-0.3, -0.25) is 9.59 Å². The molecule has 0 unspecified atom stereocenters. The van der Waals surface area contributed by atoms with Crippen LogP contribution in [-0.4, -0.2) is 17.9 Å². The Hall–Kier alpha value is -2.76. The van der Waals surface area contributed by atoms with Crippen molar-refractivity contribution in [3.8, 4) is 0 Å². The molecule has 0 aliphatic heterocycles. The van der Waals surface area contributed by atoms with Crippen LogP contribution >= 0.6 is 0 Å². The van der Waals surface area contributed by atoms with Crippen LogP contribution in [0, 0.1) is 11.6 Å². The molecule has 0 aromatic heterocycles. The van der Waals surface area contributed by atoms with E-state index in [1.807, 2.05) is 13.8 Å². The van der Waals surface area contributed by atoms with Crippen LogP contribution < -0.4 is 10.6 Å². The summed E-state index contributed by atoms with van der Waals surface area (Å²) in [7, 11) is 0. The summed E-state index contributed by atoms with van der Waals surface area (Å²) in [5.41, 5.74) is 1.07. The highest BCUT2D eigenvalue weighted by molar-refractivity contribution is 5.95. The highest BCUT2D eigenvalue weighted by Crippen LogP contribution is 2.10. The van der Waals surface area contributed by atoms with E-state index in [1.165, 1.54) is 0 Å². The Kier molecular flexibility index (Phi) is 6.22. The summed E-state index contributed by atoms with van der Waals surface area (Å²) >= 11 is 0. The Bertz CT molecular complexity index is 761. The van der Waals surface area contributed by atoms with Crippen molar-refractivity contribution < 1.29 is 18.4 Å². The Balaban J connectivity index is 1.95. The third kappa shape index (κ3) is 5.11. The van der Waals surface area contributed by atoms with Crippen LogP contribution in [0.25, 0.3) is 0 Å². The van der Waals surface area contributed by atoms with Gasteiger partial charge in [0.25, 0.3) is 11.8 Å². The first kappa shape index (κ1) is 18.6. The number of carbonyl (C=O) groups is 2. The molecule has 0 saturated carbocycles. The number of hydrogen-bond acceptors (Lipinski definition) is 2. The molecule has 0 fully saturated rings. The Morgan fingerprint density at radius 3 is 2.32 bits per heavy atom. The second-order valence-electron chi connectivity index (χ2n) is 5.79. The van der Waals surface area contributed by atoms with Gasteiger partial charge in [0.1, 0.15) is 11.6 Å². The van der Waals surface area contributed by atoms with Crippen molar-refractivity contribution in [1.29, 1.82) is 0 Å². The summed E-state index contributed by atoms with van der Waals surface area (Å²) in [5.74, 6) is -2.43. The van der Waals surface area contributed by atoms with Gasteiger partial charge in [-0.2, -0.15) is 0 Å². The molecule has 2 aromatic carbocycles. The molecule has 132 valence electrons. The average Bonchev–Trinajstić information content (AvgIpc) is 2.60. The van der Waals surface area contributed by atoms with Crippen molar-refractivity contribution in [3.05, 3.63) is 70.8 Å². The number of benzene rings is 2. The van der Waals surface area contributed by atoms with Gasteiger partial charge in [-0.25, -0.2) is 8.78 Å². The lowest BCUT2D eigenvalue weighted by atomic mass is 10.1. The van der Waals surface area contributed by atoms with E-state index in [0.29, 0.717) is 11.6 Å². The van der Waals surface area contributed by atoms with Gasteiger partial charge in [0, 0.05) is 24.2 Å². The molecule has 2 aromatic rings. The quantitative estimate of drug-likeness (QED) is 0.842. The summed E-state index contributed by atoms with van der Waals surface area (Å²) in [6.45, 7) is 4.08. The average molecular weight is 346 g/mol. The third-order valence-electron chi connectivity index (χ3n) is 3.83. The summed E-state index contributed by atoms with van der Waals surface area (Å²) in [4.78, 5) is 23.9. The topological polar surface area (TPSA) is 58.2 Å². The number of amides is 2. The molecule has 0 bridgehead atoms. The van der Waals surface area contributed by atoms with Gasteiger partial charge in [-0.1, -0.05) is 19.1 Å². The molecule has 6 heteroatoms. The largest absolute Gasteiger partial charge is 0.350 e. The third-order valence-corrected chi connectivity index (χ3v) is 3.83. The minimum absolute atomic E-state index is 0.0945. The summed E-state index contributed by atoms with van der Waals surface area (Å²) < 4.78 is 26.4. The van der Waals surface area contributed by atoms with E-state index in [1.54, 1.807) is 24.3 Å². The van der Waals surface area contributed by atoms with Crippen LogP contribution in [0.2, 0.25) is 0 Å². The Labute approximate surface area is 145 Å². The minimum Gasteiger partial charge on any atom is -0.350 e. The highest BCUT2D eigenvalue weighted by atomic mass is 19.1. The van der Waals surface area contributed by atoms with E-state index in [0.717, 1.165) is 24.1 Å². The molecule has 2 N–H and O–H groups in total. The molecule has 25 heavy (non-hydrogen) atoms. The number of carbonyl (C=O) groups excluding carboxylic acids is 2. The van der Waals surface area contributed by atoms with Crippen molar-refractivity contribution in [1.82, 2.24) is 10.6 Å². The molecule has 1 atom stereocenters. The maximum absolute atomic E-state index is 13.6. The van der Waals surface area contributed by atoms with Crippen molar-refractivity contribution in [2.75, 3.05) is 0 Å². The number of hydrogen-bond donors (Lipinski definition) is 2. The smallest absolute Gasteiger partial charge is 0.254 e. The van der Waals surface area contributed by atoms with Gasteiger partial charge in [-0.15, -0.1) is 0 Å². The molecule has 4 nitrogen and oxygen atoms in total.